The second-order valence-electron chi connectivity index (χ2n) is 4.61. The monoisotopic (exact) mass is 196 g/mol. The van der Waals surface area contributed by atoms with Crippen LogP contribution in [-0.4, -0.2) is 60.1 Å². The van der Waals surface area contributed by atoms with Crippen LogP contribution in [0.5, 0.6) is 0 Å². The highest BCUT2D eigenvalue weighted by atomic mass is 16.5. The summed E-state index contributed by atoms with van der Waals surface area (Å²) in [4.78, 5) is 15.7. The van der Waals surface area contributed by atoms with Crippen LogP contribution in [0.1, 0.15) is 13.3 Å². The second kappa shape index (κ2) is 2.70. The van der Waals surface area contributed by atoms with Crippen LogP contribution in [0.25, 0.3) is 0 Å². The van der Waals surface area contributed by atoms with Gasteiger partial charge in [0.2, 0.25) is 5.91 Å². The fourth-order valence-corrected chi connectivity index (χ4v) is 3.24. The molecule has 3 aliphatic rings. The molecule has 0 aromatic carbocycles. The lowest BCUT2D eigenvalue weighted by atomic mass is 10.1. The van der Waals surface area contributed by atoms with Crippen LogP contribution in [0.2, 0.25) is 0 Å². The number of hydrogen-bond donors (Lipinski definition) is 0. The predicted molar refractivity (Wildman–Crippen MR) is 50.9 cm³/mol. The number of ether oxygens (including phenoxy) is 1. The van der Waals surface area contributed by atoms with E-state index in [9.17, 15) is 4.79 Å². The molecule has 0 spiro atoms. The number of rotatable bonds is 1. The van der Waals surface area contributed by atoms with Gasteiger partial charge < -0.3 is 9.64 Å². The third-order valence-electron chi connectivity index (χ3n) is 3.94. The summed E-state index contributed by atoms with van der Waals surface area (Å²) in [6.45, 7) is 3.80. The molecule has 14 heavy (non-hydrogen) atoms. The van der Waals surface area contributed by atoms with E-state index in [0.29, 0.717) is 18.2 Å². The van der Waals surface area contributed by atoms with Gasteiger partial charge in [-0.1, -0.05) is 0 Å². The Hall–Kier alpha value is -0.610. The van der Waals surface area contributed by atoms with Crippen molar-refractivity contribution in [3.8, 4) is 0 Å². The summed E-state index contributed by atoms with van der Waals surface area (Å²) in [6, 6.07) is 0.786. The molecule has 0 N–H and O–H groups in total. The number of morpholine rings is 1. The van der Waals surface area contributed by atoms with Gasteiger partial charge in [0.1, 0.15) is 0 Å². The van der Waals surface area contributed by atoms with Gasteiger partial charge in [0.05, 0.1) is 24.3 Å². The van der Waals surface area contributed by atoms with Gasteiger partial charge in [0.15, 0.2) is 0 Å². The number of fused-ring (bicyclic) bond motifs is 1. The van der Waals surface area contributed by atoms with E-state index < -0.39 is 0 Å². The predicted octanol–water partition coefficient (Wildman–Crippen LogP) is -0.311. The molecule has 0 radical (unpaired) electrons. The largest absolute Gasteiger partial charge is 0.370 e. The highest BCUT2D eigenvalue weighted by Gasteiger charge is 2.58. The van der Waals surface area contributed by atoms with Crippen molar-refractivity contribution in [2.75, 3.05) is 20.1 Å². The van der Waals surface area contributed by atoms with E-state index in [-0.39, 0.29) is 12.0 Å². The SMILES string of the molecule is CC(=O)N(C)[C@@H]1[C@H]2[C@@H]3CCN2C[C@@H]1O3. The van der Waals surface area contributed by atoms with E-state index in [0.717, 1.165) is 19.5 Å². The van der Waals surface area contributed by atoms with Crippen molar-refractivity contribution in [3.63, 3.8) is 0 Å². The zero-order valence-corrected chi connectivity index (χ0v) is 8.64. The molecule has 2 bridgehead atoms. The van der Waals surface area contributed by atoms with Crippen LogP contribution in [0.15, 0.2) is 0 Å². The average molecular weight is 196 g/mol. The number of carbonyl (C=O) groups is 1. The van der Waals surface area contributed by atoms with E-state index in [1.807, 2.05) is 11.9 Å². The lowest BCUT2D eigenvalue weighted by Crippen LogP contribution is -2.45. The lowest BCUT2D eigenvalue weighted by molar-refractivity contribution is -0.130. The van der Waals surface area contributed by atoms with Crippen LogP contribution in [0, 0.1) is 0 Å². The van der Waals surface area contributed by atoms with E-state index in [1.165, 1.54) is 0 Å². The van der Waals surface area contributed by atoms with Gasteiger partial charge in [-0.15, -0.1) is 0 Å². The van der Waals surface area contributed by atoms with Gasteiger partial charge in [-0.25, -0.2) is 0 Å². The lowest BCUT2D eigenvalue weighted by Gasteiger charge is -2.26. The van der Waals surface area contributed by atoms with Crippen LogP contribution < -0.4 is 0 Å². The molecule has 4 atom stereocenters. The summed E-state index contributed by atoms with van der Waals surface area (Å²) in [6.07, 6.45) is 1.80. The van der Waals surface area contributed by atoms with Crippen LogP contribution in [0.3, 0.4) is 0 Å². The molecular formula is C10H16N2O2. The first kappa shape index (κ1) is 8.68. The normalized spacial score (nSPS) is 44.7. The molecule has 0 unspecified atom stereocenters. The van der Waals surface area contributed by atoms with Crippen LogP contribution >= 0.6 is 0 Å². The molecule has 0 aromatic heterocycles. The van der Waals surface area contributed by atoms with Crippen LogP contribution in [0.4, 0.5) is 0 Å². The number of hydrogen-bond acceptors (Lipinski definition) is 3. The molecule has 1 amide bonds. The van der Waals surface area contributed by atoms with Crippen molar-refractivity contribution in [2.24, 2.45) is 0 Å². The minimum Gasteiger partial charge on any atom is -0.370 e. The van der Waals surface area contributed by atoms with Crippen LogP contribution in [-0.2, 0) is 9.53 Å². The highest BCUT2D eigenvalue weighted by Crippen LogP contribution is 2.41. The van der Waals surface area contributed by atoms with Gasteiger partial charge in [0.25, 0.3) is 0 Å². The average Bonchev–Trinajstić information content (AvgIpc) is 2.70. The molecule has 3 aliphatic heterocycles. The summed E-state index contributed by atoms with van der Waals surface area (Å²) >= 11 is 0. The Morgan fingerprint density at radius 1 is 1.50 bits per heavy atom. The molecule has 4 heteroatoms. The first-order valence-corrected chi connectivity index (χ1v) is 5.31. The third kappa shape index (κ3) is 0.929. The molecular weight excluding hydrogens is 180 g/mol. The molecule has 0 saturated carbocycles. The van der Waals surface area contributed by atoms with E-state index in [4.69, 9.17) is 4.74 Å². The molecule has 3 fully saturated rings. The summed E-state index contributed by atoms with van der Waals surface area (Å²) in [7, 11) is 1.90. The molecule has 4 nitrogen and oxygen atoms in total. The van der Waals surface area contributed by atoms with Gasteiger partial charge in [-0.2, -0.15) is 0 Å². The molecule has 3 heterocycles. The van der Waals surface area contributed by atoms with E-state index in [2.05, 4.69) is 4.90 Å². The Bertz CT molecular complexity index is 267. The molecule has 0 aromatic rings. The van der Waals surface area contributed by atoms with Gasteiger partial charge >= 0.3 is 0 Å². The Morgan fingerprint density at radius 3 is 2.93 bits per heavy atom. The number of nitrogens with zero attached hydrogens (tertiary/aromatic N) is 2. The highest BCUT2D eigenvalue weighted by molar-refractivity contribution is 5.73. The minimum absolute atomic E-state index is 0.151. The first-order chi connectivity index (χ1) is 6.68. The van der Waals surface area contributed by atoms with Crippen molar-refractivity contribution >= 4 is 5.91 Å². The number of likely N-dealkylation sites (N-methyl/N-ethyl adjacent to an activating group) is 1. The zero-order chi connectivity index (χ0) is 9.87. The van der Waals surface area contributed by atoms with Crippen molar-refractivity contribution in [1.82, 2.24) is 9.80 Å². The smallest absolute Gasteiger partial charge is 0.219 e. The Morgan fingerprint density at radius 2 is 2.29 bits per heavy atom. The Labute approximate surface area is 83.8 Å². The summed E-state index contributed by atoms with van der Waals surface area (Å²) in [5.74, 6) is 0.151. The van der Waals surface area contributed by atoms with Gasteiger partial charge in [-0.3, -0.25) is 9.69 Å². The van der Waals surface area contributed by atoms with Crippen molar-refractivity contribution in [3.05, 3.63) is 0 Å². The van der Waals surface area contributed by atoms with Crippen molar-refractivity contribution < 1.29 is 9.53 Å². The third-order valence-corrected chi connectivity index (χ3v) is 3.94. The van der Waals surface area contributed by atoms with Gasteiger partial charge in [-0.05, 0) is 6.42 Å². The number of amides is 1. The first-order valence-electron chi connectivity index (χ1n) is 5.31. The second-order valence-corrected chi connectivity index (χ2v) is 4.61. The quantitative estimate of drug-likeness (QED) is 0.576. The molecule has 78 valence electrons. The maximum Gasteiger partial charge on any atom is 0.219 e. The van der Waals surface area contributed by atoms with Crippen molar-refractivity contribution in [2.45, 2.75) is 37.6 Å². The summed E-state index contributed by atoms with van der Waals surface area (Å²) < 4.78 is 5.90. The maximum atomic E-state index is 11.3. The zero-order valence-electron chi connectivity index (χ0n) is 8.64. The molecule has 3 saturated heterocycles. The van der Waals surface area contributed by atoms with Crippen molar-refractivity contribution in [1.29, 1.82) is 0 Å². The topological polar surface area (TPSA) is 32.8 Å². The van der Waals surface area contributed by atoms with Gasteiger partial charge in [0, 0.05) is 27.1 Å². The fraction of sp³-hybridized carbons (Fsp3) is 0.900. The summed E-state index contributed by atoms with van der Waals surface area (Å²) in [5, 5.41) is 0. The van der Waals surface area contributed by atoms with E-state index >= 15 is 0 Å². The summed E-state index contributed by atoms with van der Waals surface area (Å²) in [5.41, 5.74) is 0. The minimum atomic E-state index is 0.151. The maximum absolute atomic E-state index is 11.3. The van der Waals surface area contributed by atoms with E-state index in [1.54, 1.807) is 6.92 Å². The Kier molecular flexibility index (Phi) is 1.67. The Balaban J connectivity index is 1.87. The molecule has 3 rings (SSSR count). The standard InChI is InChI=1S/C10H16N2O2/c1-6(13)11(2)9-8-5-12-4-3-7(14-8)10(9)12/h7-10H,3-5H2,1-2H3/t7-,8-,9-,10+/m0/s1. The fourth-order valence-electron chi connectivity index (χ4n) is 3.24. The molecule has 0 aliphatic carbocycles. The number of carbonyl (C=O) groups excluding carboxylic acids is 1.